The number of aliphatic hydroxyl groups excluding tert-OH is 17. The van der Waals surface area contributed by atoms with Gasteiger partial charge in [-0.3, -0.25) is 4.79 Å². The van der Waals surface area contributed by atoms with Gasteiger partial charge < -0.3 is 144 Å². The van der Waals surface area contributed by atoms with Crippen molar-refractivity contribution in [2.24, 2.45) is 0 Å². The second-order valence-electron chi connectivity index (χ2n) is 17.5. The van der Waals surface area contributed by atoms with Gasteiger partial charge in [-0.05, 0) is 13.8 Å². The van der Waals surface area contributed by atoms with Gasteiger partial charge in [0.15, 0.2) is 37.7 Å². The summed E-state index contributed by atoms with van der Waals surface area (Å²) in [6.45, 7) is -0.339. The molecule has 6 heterocycles. The Morgan fingerprint density at radius 3 is 1.32 bits per heavy atom. The van der Waals surface area contributed by atoms with Gasteiger partial charge in [-0.25, -0.2) is 0 Å². The van der Waals surface area contributed by atoms with Crippen LogP contribution >= 0.6 is 0 Å². The molecular weight excluding hydrogens is 934 g/mol. The van der Waals surface area contributed by atoms with Crippen LogP contribution in [0.25, 0.3) is 0 Å². The SMILES string of the molecule is CC(=O)N[C@H]1[C@H](O[C@H]2[C@@H](O)[C@@H](CO)O[C@@H](O[C@H]3[C@H](O)[C@@H](O)[C@H](O)O[C@@H]3CO)[C@@H]2O)O[C@H](CO)[C@@H](O[C@@H]2O[C@H](CO)[C@H](O)[C@H](O)[C@H]2O[C@@H]2O[C@@H](C)[C@@H](O)[C@@H](O)[C@@H]2O)[C@@H]1O[C@@H]1O[C@@H](C)[C@@H](O)[C@@H](O)[C@@H]1O. The van der Waals surface area contributed by atoms with Gasteiger partial charge in [-0.2, -0.15) is 0 Å². The summed E-state index contributed by atoms with van der Waals surface area (Å²) in [6, 6.07) is -1.83. The number of aliphatic hydroxyl groups is 17. The van der Waals surface area contributed by atoms with Crippen LogP contribution in [0, 0.1) is 0 Å². The van der Waals surface area contributed by atoms with E-state index in [1.165, 1.54) is 13.8 Å². The zero-order valence-corrected chi connectivity index (χ0v) is 36.7. The van der Waals surface area contributed by atoms with E-state index in [-0.39, 0.29) is 0 Å². The highest BCUT2D eigenvalue weighted by Gasteiger charge is 2.59. The number of ether oxygens (including phenoxy) is 11. The molecule has 68 heavy (non-hydrogen) atoms. The normalized spacial score (nSPS) is 52.6. The first-order valence-electron chi connectivity index (χ1n) is 21.8. The fraction of sp³-hybridized carbons (Fsp3) is 0.974. The summed E-state index contributed by atoms with van der Waals surface area (Å²) in [7, 11) is 0. The van der Waals surface area contributed by atoms with Gasteiger partial charge in [-0.15, -0.1) is 0 Å². The molecule has 0 aromatic heterocycles. The van der Waals surface area contributed by atoms with Crippen molar-refractivity contribution in [3.8, 4) is 0 Å². The minimum absolute atomic E-state index is 0.882. The lowest BCUT2D eigenvalue weighted by molar-refractivity contribution is -0.401. The Hall–Kier alpha value is -1.65. The second kappa shape index (κ2) is 23.5. The summed E-state index contributed by atoms with van der Waals surface area (Å²) in [5, 5.41) is 184. The number of rotatable bonds is 15. The first-order chi connectivity index (χ1) is 32.1. The van der Waals surface area contributed by atoms with Gasteiger partial charge in [0.25, 0.3) is 0 Å². The first kappa shape index (κ1) is 55.7. The molecule has 6 rings (SSSR count). The zero-order valence-electron chi connectivity index (χ0n) is 36.7. The summed E-state index contributed by atoms with van der Waals surface area (Å²) in [5.74, 6) is -0.882. The molecule has 0 radical (unpaired) electrons. The minimum atomic E-state index is -2.18. The molecule has 0 unspecified atom stereocenters. The molecule has 0 aromatic rings. The monoisotopic (exact) mass is 999 g/mol. The molecule has 0 bridgehead atoms. The van der Waals surface area contributed by atoms with Crippen molar-refractivity contribution < 1.29 is 144 Å². The third-order valence-electron chi connectivity index (χ3n) is 12.8. The lowest BCUT2D eigenvalue weighted by Gasteiger charge is -2.52. The van der Waals surface area contributed by atoms with Gasteiger partial charge in [0.2, 0.25) is 5.91 Å². The molecular formula is C38H65NO29. The van der Waals surface area contributed by atoms with Crippen LogP contribution in [0.3, 0.4) is 0 Å². The summed E-state index contributed by atoms with van der Waals surface area (Å²) >= 11 is 0. The van der Waals surface area contributed by atoms with E-state index in [0.29, 0.717) is 0 Å². The van der Waals surface area contributed by atoms with E-state index in [4.69, 9.17) is 52.1 Å². The van der Waals surface area contributed by atoms with Gasteiger partial charge >= 0.3 is 0 Å². The molecule has 6 saturated heterocycles. The zero-order chi connectivity index (χ0) is 50.2. The average molecular weight is 1000 g/mol. The third kappa shape index (κ3) is 11.4. The highest BCUT2D eigenvalue weighted by Crippen LogP contribution is 2.38. The Balaban J connectivity index is 1.37. The molecule has 0 spiro atoms. The smallest absolute Gasteiger partial charge is 0.217 e. The maximum absolute atomic E-state index is 13.0. The number of hydrogen-bond acceptors (Lipinski definition) is 29. The molecule has 0 aromatic carbocycles. The first-order valence-corrected chi connectivity index (χ1v) is 21.8. The molecule has 30 atom stereocenters. The molecule has 6 aliphatic rings. The van der Waals surface area contributed by atoms with E-state index >= 15 is 0 Å². The van der Waals surface area contributed by atoms with Crippen molar-refractivity contribution in [3.63, 3.8) is 0 Å². The summed E-state index contributed by atoms with van der Waals surface area (Å²) in [4.78, 5) is 13.0. The maximum Gasteiger partial charge on any atom is 0.217 e. The average Bonchev–Trinajstić information content (AvgIpc) is 3.31. The van der Waals surface area contributed by atoms with Crippen LogP contribution < -0.4 is 5.32 Å². The summed E-state index contributed by atoms with van der Waals surface area (Å²) in [6.07, 6.45) is -53.8. The Kier molecular flexibility index (Phi) is 19.2. The minimum Gasteiger partial charge on any atom is -0.394 e. The van der Waals surface area contributed by atoms with Crippen LogP contribution in [0.2, 0.25) is 0 Å². The maximum atomic E-state index is 13.0. The molecule has 6 aliphatic heterocycles. The quantitative estimate of drug-likeness (QED) is 0.0724. The topological polar surface area (TPSA) is 475 Å². The predicted octanol–water partition coefficient (Wildman–Crippen LogP) is -11.9. The fourth-order valence-corrected chi connectivity index (χ4v) is 8.78. The van der Waals surface area contributed by atoms with E-state index in [1.807, 2.05) is 0 Å². The van der Waals surface area contributed by atoms with Crippen molar-refractivity contribution in [1.82, 2.24) is 5.32 Å². The van der Waals surface area contributed by atoms with E-state index in [0.717, 1.165) is 6.92 Å². The number of nitrogens with one attached hydrogen (secondary N) is 1. The van der Waals surface area contributed by atoms with Crippen molar-refractivity contribution in [2.45, 2.75) is 205 Å². The van der Waals surface area contributed by atoms with Crippen LogP contribution in [-0.4, -0.2) is 303 Å². The Morgan fingerprint density at radius 2 is 0.794 bits per heavy atom. The van der Waals surface area contributed by atoms with Crippen molar-refractivity contribution >= 4 is 5.91 Å². The van der Waals surface area contributed by atoms with Crippen LogP contribution in [0.15, 0.2) is 0 Å². The van der Waals surface area contributed by atoms with Gasteiger partial charge in [0, 0.05) is 6.92 Å². The Labute approximate surface area is 386 Å². The number of carbonyl (C=O) groups excluding carboxylic acids is 1. The molecule has 0 aliphatic carbocycles. The van der Waals surface area contributed by atoms with Crippen molar-refractivity contribution in [3.05, 3.63) is 0 Å². The largest absolute Gasteiger partial charge is 0.394 e. The van der Waals surface area contributed by atoms with Crippen LogP contribution in [0.1, 0.15) is 20.8 Å². The molecule has 30 heteroatoms. The van der Waals surface area contributed by atoms with Gasteiger partial charge in [0.05, 0.1) is 38.6 Å². The van der Waals surface area contributed by atoms with Crippen LogP contribution in [0.4, 0.5) is 0 Å². The lowest BCUT2D eigenvalue weighted by atomic mass is 9.93. The molecule has 6 fully saturated rings. The molecule has 396 valence electrons. The van der Waals surface area contributed by atoms with Crippen molar-refractivity contribution in [2.75, 3.05) is 26.4 Å². The summed E-state index contributed by atoms with van der Waals surface area (Å²) in [5.41, 5.74) is 0. The molecule has 30 nitrogen and oxygen atoms in total. The van der Waals surface area contributed by atoms with E-state index < -0.39 is 217 Å². The van der Waals surface area contributed by atoms with Gasteiger partial charge in [0.1, 0.15) is 134 Å². The number of carbonyl (C=O) groups is 1. The molecule has 1 amide bonds. The van der Waals surface area contributed by atoms with Crippen LogP contribution in [0.5, 0.6) is 0 Å². The second-order valence-corrected chi connectivity index (χ2v) is 17.5. The molecule has 0 saturated carbocycles. The summed E-state index contributed by atoms with van der Waals surface area (Å²) < 4.78 is 63.9. The number of hydrogen-bond donors (Lipinski definition) is 18. The van der Waals surface area contributed by atoms with E-state index in [9.17, 15) is 91.6 Å². The standard InChI is InChI=1S/C38H65NO29/c1-8-16(45)20(49)25(54)35(58-8)66-30-15(39-10(3)44)34(67-31-19(48)12(5-41)61-37(27(31)56)64-28-13(6-42)60-33(57)24(53)23(28)52)63-14(7-43)29(30)65-38-32(22(51)18(47)11(4-40)62-38)68-36-26(55)21(50)17(46)9(2)59-36/h8-9,11-38,40-43,45-57H,4-7H2,1-3H3,(H,39,44)/t8-,9-,11+,12+,13+,14+,15+,16+,17+,18-,19-,20+,21+,22-,23+,24+,25-,26-,27+,28+,29+,30+,31-,32+,33+,34-,35-,36-,37-,38-/m0/s1. The highest BCUT2D eigenvalue weighted by atomic mass is 16.8. The Bertz CT molecular complexity index is 1590. The fourth-order valence-electron chi connectivity index (χ4n) is 8.78. The lowest BCUT2D eigenvalue weighted by Crippen LogP contribution is -2.71. The van der Waals surface area contributed by atoms with Gasteiger partial charge in [-0.1, -0.05) is 0 Å². The number of amides is 1. The highest BCUT2D eigenvalue weighted by molar-refractivity contribution is 5.73. The van der Waals surface area contributed by atoms with E-state index in [1.54, 1.807) is 0 Å². The molecule has 18 N–H and O–H groups in total. The van der Waals surface area contributed by atoms with Crippen molar-refractivity contribution in [1.29, 1.82) is 0 Å². The Morgan fingerprint density at radius 1 is 0.382 bits per heavy atom. The predicted molar refractivity (Wildman–Crippen MR) is 208 cm³/mol. The van der Waals surface area contributed by atoms with Crippen LogP contribution in [-0.2, 0) is 56.9 Å². The third-order valence-corrected chi connectivity index (χ3v) is 12.8. The van der Waals surface area contributed by atoms with E-state index in [2.05, 4.69) is 5.32 Å².